The second kappa shape index (κ2) is 5.93. The Kier molecular flexibility index (Phi) is 4.26. The number of carbonyl (C=O) groups is 1. The van der Waals surface area contributed by atoms with Gasteiger partial charge in [-0.2, -0.15) is 0 Å². The lowest BCUT2D eigenvalue weighted by Crippen LogP contribution is -2.15. The first-order chi connectivity index (χ1) is 9.51. The molecule has 2 aromatic rings. The smallest absolute Gasteiger partial charge is 0.257 e. The standard InChI is InChI=1S/C12H9BrF2N4O/c13-7-3-8(14)11(9(15)4-7)18-12(20)6-1-2-10(19-16)17-5-6/h1-5H,16H2,(H,17,19)(H,18,20). The van der Waals surface area contributed by atoms with Gasteiger partial charge in [0.05, 0.1) is 5.56 Å². The minimum Gasteiger partial charge on any atom is -0.317 e. The van der Waals surface area contributed by atoms with Crippen LogP contribution in [0.4, 0.5) is 20.3 Å². The molecular weight excluding hydrogens is 334 g/mol. The van der Waals surface area contributed by atoms with Crippen LogP contribution in [-0.2, 0) is 0 Å². The van der Waals surface area contributed by atoms with Crippen LogP contribution in [0.5, 0.6) is 0 Å². The lowest BCUT2D eigenvalue weighted by atomic mass is 10.2. The summed E-state index contributed by atoms with van der Waals surface area (Å²) in [6.07, 6.45) is 1.24. The van der Waals surface area contributed by atoms with Gasteiger partial charge < -0.3 is 10.7 Å². The number of nitrogens with zero attached hydrogens (tertiary/aromatic N) is 1. The van der Waals surface area contributed by atoms with Crippen molar-refractivity contribution in [2.45, 2.75) is 0 Å². The molecule has 0 spiro atoms. The summed E-state index contributed by atoms with van der Waals surface area (Å²) in [6.45, 7) is 0. The molecular formula is C12H9BrF2N4O. The molecule has 1 aromatic heterocycles. The molecule has 0 aliphatic carbocycles. The molecule has 0 bridgehead atoms. The second-order valence-corrected chi connectivity index (χ2v) is 4.69. The van der Waals surface area contributed by atoms with Crippen LogP contribution in [0, 0.1) is 11.6 Å². The molecule has 1 aromatic carbocycles. The van der Waals surface area contributed by atoms with E-state index in [2.05, 4.69) is 31.7 Å². The summed E-state index contributed by atoms with van der Waals surface area (Å²) in [5, 5.41) is 2.16. The number of carbonyl (C=O) groups excluding carboxylic acids is 1. The number of amides is 1. The zero-order valence-corrected chi connectivity index (χ0v) is 11.5. The number of hydrogen-bond donors (Lipinski definition) is 3. The number of nitrogens with one attached hydrogen (secondary N) is 2. The highest BCUT2D eigenvalue weighted by atomic mass is 79.9. The normalized spacial score (nSPS) is 10.2. The molecule has 5 nitrogen and oxygen atoms in total. The molecule has 1 heterocycles. The molecule has 0 fully saturated rings. The van der Waals surface area contributed by atoms with Gasteiger partial charge in [-0.15, -0.1) is 0 Å². The van der Waals surface area contributed by atoms with Crippen molar-refractivity contribution in [2.24, 2.45) is 5.84 Å². The predicted octanol–water partition coefficient (Wildman–Crippen LogP) is 2.66. The Labute approximate surface area is 121 Å². The first-order valence-electron chi connectivity index (χ1n) is 5.40. The fraction of sp³-hybridized carbons (Fsp3) is 0. The second-order valence-electron chi connectivity index (χ2n) is 3.78. The summed E-state index contributed by atoms with van der Waals surface area (Å²) in [7, 11) is 0. The van der Waals surface area contributed by atoms with E-state index in [4.69, 9.17) is 5.84 Å². The number of nitrogen functional groups attached to an aromatic ring is 1. The summed E-state index contributed by atoms with van der Waals surface area (Å²) in [4.78, 5) is 15.7. The number of pyridine rings is 1. The topological polar surface area (TPSA) is 80.0 Å². The summed E-state index contributed by atoms with van der Waals surface area (Å²) in [5.74, 6) is 3.07. The molecule has 1 amide bonds. The van der Waals surface area contributed by atoms with Gasteiger partial charge >= 0.3 is 0 Å². The van der Waals surface area contributed by atoms with Gasteiger partial charge in [0.25, 0.3) is 5.91 Å². The van der Waals surface area contributed by atoms with Gasteiger partial charge in [0.15, 0.2) is 11.6 Å². The van der Waals surface area contributed by atoms with E-state index in [9.17, 15) is 13.6 Å². The van der Waals surface area contributed by atoms with Crippen molar-refractivity contribution < 1.29 is 13.6 Å². The maximum atomic E-state index is 13.6. The van der Waals surface area contributed by atoms with Crippen molar-refractivity contribution in [1.29, 1.82) is 0 Å². The molecule has 104 valence electrons. The number of aromatic nitrogens is 1. The third kappa shape index (κ3) is 3.09. The number of benzene rings is 1. The number of halogens is 3. The van der Waals surface area contributed by atoms with E-state index in [-0.39, 0.29) is 10.0 Å². The molecule has 20 heavy (non-hydrogen) atoms. The Morgan fingerprint density at radius 2 is 1.90 bits per heavy atom. The first kappa shape index (κ1) is 14.4. The molecule has 0 saturated heterocycles. The van der Waals surface area contributed by atoms with Gasteiger partial charge in [-0.1, -0.05) is 15.9 Å². The molecule has 8 heteroatoms. The van der Waals surface area contributed by atoms with Gasteiger partial charge in [-0.25, -0.2) is 19.6 Å². The lowest BCUT2D eigenvalue weighted by Gasteiger charge is -2.08. The quantitative estimate of drug-likeness (QED) is 0.591. The molecule has 0 aliphatic rings. The summed E-state index contributed by atoms with van der Waals surface area (Å²) >= 11 is 2.95. The Morgan fingerprint density at radius 3 is 2.40 bits per heavy atom. The first-order valence-corrected chi connectivity index (χ1v) is 6.19. The maximum absolute atomic E-state index is 13.6. The van der Waals surface area contributed by atoms with Crippen LogP contribution in [0.25, 0.3) is 0 Å². The molecule has 0 radical (unpaired) electrons. The van der Waals surface area contributed by atoms with E-state index in [1.807, 2.05) is 0 Å². The molecule has 0 saturated carbocycles. The van der Waals surface area contributed by atoms with Crippen molar-refractivity contribution in [2.75, 3.05) is 10.7 Å². The van der Waals surface area contributed by atoms with Crippen molar-refractivity contribution in [3.8, 4) is 0 Å². The van der Waals surface area contributed by atoms with E-state index in [0.717, 1.165) is 12.1 Å². The minimum absolute atomic E-state index is 0.144. The number of hydrazine groups is 1. The van der Waals surface area contributed by atoms with Crippen molar-refractivity contribution in [1.82, 2.24) is 4.98 Å². The van der Waals surface area contributed by atoms with Crippen LogP contribution in [0.3, 0.4) is 0 Å². The van der Waals surface area contributed by atoms with Crippen LogP contribution < -0.4 is 16.6 Å². The SMILES string of the molecule is NNc1ccc(C(=O)Nc2c(F)cc(Br)cc2F)cn1. The van der Waals surface area contributed by atoms with Gasteiger partial charge in [0.2, 0.25) is 0 Å². The predicted molar refractivity (Wildman–Crippen MR) is 74.1 cm³/mol. The molecule has 4 N–H and O–H groups in total. The van der Waals surface area contributed by atoms with Crippen LogP contribution in [-0.4, -0.2) is 10.9 Å². The van der Waals surface area contributed by atoms with Crippen LogP contribution >= 0.6 is 15.9 Å². The number of nitrogens with two attached hydrogens (primary N) is 1. The fourth-order valence-electron chi connectivity index (χ4n) is 1.46. The number of hydrogen-bond acceptors (Lipinski definition) is 4. The molecule has 0 unspecified atom stereocenters. The highest BCUT2D eigenvalue weighted by Crippen LogP contribution is 2.24. The monoisotopic (exact) mass is 342 g/mol. The van der Waals surface area contributed by atoms with Crippen molar-refractivity contribution in [3.05, 3.63) is 52.1 Å². The zero-order chi connectivity index (χ0) is 14.7. The van der Waals surface area contributed by atoms with E-state index >= 15 is 0 Å². The zero-order valence-electron chi connectivity index (χ0n) is 9.95. The highest BCUT2D eigenvalue weighted by Gasteiger charge is 2.15. The van der Waals surface area contributed by atoms with E-state index in [1.165, 1.54) is 18.3 Å². The van der Waals surface area contributed by atoms with Gasteiger partial charge in [0.1, 0.15) is 11.5 Å². The molecule has 2 rings (SSSR count). The summed E-state index contributed by atoms with van der Waals surface area (Å²) < 4.78 is 27.4. The highest BCUT2D eigenvalue weighted by molar-refractivity contribution is 9.10. The summed E-state index contributed by atoms with van der Waals surface area (Å²) in [5.41, 5.74) is 1.93. The van der Waals surface area contributed by atoms with Gasteiger partial charge in [-0.3, -0.25) is 4.79 Å². The molecule has 0 aliphatic heterocycles. The summed E-state index contributed by atoms with van der Waals surface area (Å²) in [6, 6.07) is 4.99. The fourth-order valence-corrected chi connectivity index (χ4v) is 1.86. The lowest BCUT2D eigenvalue weighted by molar-refractivity contribution is 0.102. The van der Waals surface area contributed by atoms with E-state index in [1.54, 1.807) is 0 Å². The maximum Gasteiger partial charge on any atom is 0.257 e. The Hall–Kier alpha value is -2.06. The van der Waals surface area contributed by atoms with Crippen LogP contribution in [0.15, 0.2) is 34.9 Å². The average molecular weight is 343 g/mol. The van der Waals surface area contributed by atoms with E-state index in [0.29, 0.717) is 5.82 Å². The Balaban J connectivity index is 2.23. The van der Waals surface area contributed by atoms with Gasteiger partial charge in [0, 0.05) is 10.7 Å². The largest absolute Gasteiger partial charge is 0.317 e. The van der Waals surface area contributed by atoms with Gasteiger partial charge in [-0.05, 0) is 24.3 Å². The molecule has 0 atom stereocenters. The van der Waals surface area contributed by atoms with Crippen LogP contribution in [0.2, 0.25) is 0 Å². The van der Waals surface area contributed by atoms with Crippen LogP contribution in [0.1, 0.15) is 10.4 Å². The average Bonchev–Trinajstić information content (AvgIpc) is 2.42. The van der Waals surface area contributed by atoms with Crippen molar-refractivity contribution >= 4 is 33.3 Å². The number of anilines is 2. The Bertz CT molecular complexity index is 625. The number of rotatable bonds is 3. The third-order valence-corrected chi connectivity index (χ3v) is 2.88. The Morgan fingerprint density at radius 1 is 1.25 bits per heavy atom. The minimum atomic E-state index is -0.876. The van der Waals surface area contributed by atoms with E-state index < -0.39 is 23.2 Å². The van der Waals surface area contributed by atoms with Crippen molar-refractivity contribution in [3.63, 3.8) is 0 Å². The third-order valence-electron chi connectivity index (χ3n) is 2.42.